The molecular formula is C15H12ClN3O2. The van der Waals surface area contributed by atoms with Crippen molar-refractivity contribution in [3.05, 3.63) is 59.4 Å². The predicted molar refractivity (Wildman–Crippen MR) is 80.3 cm³/mol. The van der Waals surface area contributed by atoms with Crippen molar-refractivity contribution in [1.29, 1.82) is 0 Å². The fourth-order valence-corrected chi connectivity index (χ4v) is 2.12. The van der Waals surface area contributed by atoms with E-state index in [9.17, 15) is 4.79 Å². The number of hydrogen-bond donors (Lipinski definition) is 1. The van der Waals surface area contributed by atoms with Gasteiger partial charge in [0.05, 0.1) is 17.6 Å². The molecule has 0 spiro atoms. The Bertz CT molecular complexity index is 671. The number of anilines is 1. The van der Waals surface area contributed by atoms with Crippen LogP contribution >= 0.6 is 11.6 Å². The second-order valence-electron chi connectivity index (χ2n) is 4.57. The molecule has 0 aliphatic carbocycles. The maximum absolute atomic E-state index is 12.1. The molecule has 2 aromatic rings. The van der Waals surface area contributed by atoms with E-state index in [0.29, 0.717) is 17.1 Å². The molecule has 3 rings (SSSR count). The quantitative estimate of drug-likeness (QED) is 0.948. The third-order valence-electron chi connectivity index (χ3n) is 3.07. The van der Waals surface area contributed by atoms with E-state index in [-0.39, 0.29) is 5.91 Å². The molecule has 1 N–H and O–H groups in total. The van der Waals surface area contributed by atoms with Crippen LogP contribution in [0.5, 0.6) is 0 Å². The Balaban J connectivity index is 1.63. The molecule has 1 aliphatic heterocycles. The van der Waals surface area contributed by atoms with E-state index in [0.717, 1.165) is 11.3 Å². The van der Waals surface area contributed by atoms with Gasteiger partial charge in [0.15, 0.2) is 0 Å². The lowest BCUT2D eigenvalue weighted by molar-refractivity contribution is -0.125. The van der Waals surface area contributed by atoms with Crippen LogP contribution in [-0.4, -0.2) is 22.7 Å². The number of nitrogens with zero attached hydrogens (tertiary/aromatic N) is 2. The van der Waals surface area contributed by atoms with Crippen molar-refractivity contribution < 1.29 is 9.63 Å². The minimum atomic E-state index is -0.629. The third kappa shape index (κ3) is 3.20. The molecule has 21 heavy (non-hydrogen) atoms. The van der Waals surface area contributed by atoms with Crippen LogP contribution in [0, 0.1) is 0 Å². The topological polar surface area (TPSA) is 63.6 Å². The first kappa shape index (κ1) is 13.6. The predicted octanol–water partition coefficient (Wildman–Crippen LogP) is 2.87. The number of oxime groups is 1. The van der Waals surface area contributed by atoms with Crippen molar-refractivity contribution in [2.24, 2.45) is 5.16 Å². The van der Waals surface area contributed by atoms with Gasteiger partial charge in [-0.3, -0.25) is 9.78 Å². The number of hydrogen-bond acceptors (Lipinski definition) is 4. The second kappa shape index (κ2) is 5.93. The molecule has 2 heterocycles. The summed E-state index contributed by atoms with van der Waals surface area (Å²) in [5, 5.41) is 7.38. The molecule has 0 saturated heterocycles. The van der Waals surface area contributed by atoms with Gasteiger partial charge in [0, 0.05) is 17.6 Å². The van der Waals surface area contributed by atoms with E-state index in [1.165, 1.54) is 0 Å². The summed E-state index contributed by atoms with van der Waals surface area (Å²) in [6.07, 6.45) is 3.02. The van der Waals surface area contributed by atoms with Crippen molar-refractivity contribution in [3.8, 4) is 0 Å². The van der Waals surface area contributed by atoms with Gasteiger partial charge in [-0.05, 0) is 29.8 Å². The minimum absolute atomic E-state index is 0.240. The lowest BCUT2D eigenvalue weighted by atomic mass is 10.0. The number of rotatable bonds is 3. The Morgan fingerprint density at radius 2 is 2.10 bits per heavy atom. The van der Waals surface area contributed by atoms with Gasteiger partial charge >= 0.3 is 0 Å². The van der Waals surface area contributed by atoms with Gasteiger partial charge in [-0.2, -0.15) is 0 Å². The highest BCUT2D eigenvalue weighted by Crippen LogP contribution is 2.19. The van der Waals surface area contributed by atoms with E-state index in [2.05, 4.69) is 15.5 Å². The molecule has 106 valence electrons. The van der Waals surface area contributed by atoms with Gasteiger partial charge in [-0.1, -0.05) is 28.9 Å². The molecule has 1 aliphatic rings. The average Bonchev–Trinajstić information content (AvgIpc) is 2.99. The van der Waals surface area contributed by atoms with Crippen LogP contribution in [0.1, 0.15) is 12.0 Å². The van der Waals surface area contributed by atoms with Crippen molar-refractivity contribution in [2.45, 2.75) is 12.5 Å². The van der Waals surface area contributed by atoms with Crippen LogP contribution in [0.4, 0.5) is 5.69 Å². The Morgan fingerprint density at radius 3 is 2.81 bits per heavy atom. The highest BCUT2D eigenvalue weighted by Gasteiger charge is 2.28. The summed E-state index contributed by atoms with van der Waals surface area (Å²) in [6, 6.07) is 10.8. The molecular weight excluding hydrogens is 290 g/mol. The Kier molecular flexibility index (Phi) is 3.83. The number of carbonyl (C=O) groups is 1. The van der Waals surface area contributed by atoms with E-state index in [1.54, 1.807) is 36.7 Å². The summed E-state index contributed by atoms with van der Waals surface area (Å²) >= 11 is 5.85. The largest absolute Gasteiger partial charge is 0.382 e. The second-order valence-corrected chi connectivity index (χ2v) is 5.01. The molecule has 0 saturated carbocycles. The van der Waals surface area contributed by atoms with Gasteiger partial charge in [0.2, 0.25) is 6.10 Å². The average molecular weight is 302 g/mol. The first-order valence-corrected chi connectivity index (χ1v) is 6.80. The molecule has 5 nitrogen and oxygen atoms in total. The zero-order valence-electron chi connectivity index (χ0n) is 11.0. The number of benzene rings is 1. The van der Waals surface area contributed by atoms with Crippen molar-refractivity contribution >= 4 is 28.9 Å². The van der Waals surface area contributed by atoms with Crippen molar-refractivity contribution in [1.82, 2.24) is 4.98 Å². The summed E-state index contributed by atoms with van der Waals surface area (Å²) in [5.41, 5.74) is 2.26. The van der Waals surface area contributed by atoms with Crippen molar-refractivity contribution in [2.75, 3.05) is 5.32 Å². The normalized spacial score (nSPS) is 17.0. The first-order chi connectivity index (χ1) is 10.2. The molecule has 1 unspecified atom stereocenters. The summed E-state index contributed by atoms with van der Waals surface area (Å²) in [7, 11) is 0. The van der Waals surface area contributed by atoms with Crippen molar-refractivity contribution in [3.63, 3.8) is 0 Å². The van der Waals surface area contributed by atoms with Gasteiger partial charge in [0.1, 0.15) is 0 Å². The number of nitrogens with one attached hydrogen (secondary N) is 1. The fraction of sp³-hybridized carbons (Fsp3) is 0.133. The van der Waals surface area contributed by atoms with E-state index < -0.39 is 6.10 Å². The summed E-state index contributed by atoms with van der Waals surface area (Å²) in [6.45, 7) is 0. The maximum Gasteiger partial charge on any atom is 0.268 e. The first-order valence-electron chi connectivity index (χ1n) is 6.42. The summed E-state index contributed by atoms with van der Waals surface area (Å²) < 4.78 is 0. The standard InChI is InChI=1S/C15H12ClN3O2/c16-11-5-3-10(4-6-11)13-8-14(21-19-13)15(20)18-12-2-1-7-17-9-12/h1-7,9,14H,8H2,(H,18,20). The third-order valence-corrected chi connectivity index (χ3v) is 3.32. The van der Waals surface area contributed by atoms with Gasteiger partial charge in [-0.25, -0.2) is 0 Å². The zero-order chi connectivity index (χ0) is 14.7. The number of halogens is 1. The monoisotopic (exact) mass is 301 g/mol. The molecule has 0 radical (unpaired) electrons. The van der Waals surface area contributed by atoms with E-state index >= 15 is 0 Å². The van der Waals surface area contributed by atoms with E-state index in [4.69, 9.17) is 16.4 Å². The van der Waals surface area contributed by atoms with Gasteiger partial charge in [0.25, 0.3) is 5.91 Å². The lowest BCUT2D eigenvalue weighted by Gasteiger charge is -2.08. The van der Waals surface area contributed by atoms with Gasteiger partial charge < -0.3 is 10.2 Å². The zero-order valence-corrected chi connectivity index (χ0v) is 11.7. The lowest BCUT2D eigenvalue weighted by Crippen LogP contribution is -2.28. The number of amides is 1. The molecule has 0 fully saturated rings. The van der Waals surface area contributed by atoms with Gasteiger partial charge in [-0.15, -0.1) is 0 Å². The van der Waals surface area contributed by atoms with Crippen LogP contribution in [0.25, 0.3) is 0 Å². The Morgan fingerprint density at radius 1 is 1.29 bits per heavy atom. The smallest absolute Gasteiger partial charge is 0.268 e. The fourth-order valence-electron chi connectivity index (χ4n) is 1.99. The molecule has 1 aromatic carbocycles. The van der Waals surface area contributed by atoms with Crippen LogP contribution in [0.15, 0.2) is 53.9 Å². The van der Waals surface area contributed by atoms with E-state index in [1.807, 2.05) is 12.1 Å². The number of aromatic nitrogens is 1. The number of pyridine rings is 1. The minimum Gasteiger partial charge on any atom is -0.382 e. The molecule has 1 atom stereocenters. The maximum atomic E-state index is 12.1. The highest BCUT2D eigenvalue weighted by atomic mass is 35.5. The Hall–Kier alpha value is -2.40. The molecule has 1 amide bonds. The van der Waals surface area contributed by atoms with Crippen LogP contribution in [0.2, 0.25) is 5.02 Å². The highest BCUT2D eigenvalue weighted by molar-refractivity contribution is 6.30. The SMILES string of the molecule is O=C(Nc1cccnc1)C1CC(c2ccc(Cl)cc2)=NO1. The number of carbonyl (C=O) groups excluding carboxylic acids is 1. The summed E-state index contributed by atoms with van der Waals surface area (Å²) in [5.74, 6) is -0.240. The summed E-state index contributed by atoms with van der Waals surface area (Å²) in [4.78, 5) is 21.2. The molecule has 0 bridgehead atoms. The molecule has 6 heteroatoms. The van der Waals surface area contributed by atoms with Crippen LogP contribution in [-0.2, 0) is 9.63 Å². The van der Waals surface area contributed by atoms with Crippen LogP contribution in [0.3, 0.4) is 0 Å². The van der Waals surface area contributed by atoms with Crippen LogP contribution < -0.4 is 5.32 Å². The Labute approximate surface area is 126 Å². The molecule has 1 aromatic heterocycles.